The van der Waals surface area contributed by atoms with Crippen molar-refractivity contribution in [3.05, 3.63) is 35.4 Å². The van der Waals surface area contributed by atoms with E-state index in [0.717, 1.165) is 18.4 Å². The van der Waals surface area contributed by atoms with Crippen LogP contribution in [0.4, 0.5) is 0 Å². The third-order valence-corrected chi connectivity index (χ3v) is 4.67. The van der Waals surface area contributed by atoms with Crippen LogP contribution in [0.3, 0.4) is 0 Å². The summed E-state index contributed by atoms with van der Waals surface area (Å²) in [7, 11) is 0. The molecule has 0 unspecified atom stereocenters. The topological polar surface area (TPSA) is 55.4 Å². The van der Waals surface area contributed by atoms with Crippen molar-refractivity contribution in [2.45, 2.75) is 46.1 Å². The first-order valence-corrected chi connectivity index (χ1v) is 8.00. The first-order valence-electron chi connectivity index (χ1n) is 8.00. The maximum absolute atomic E-state index is 12.0. The van der Waals surface area contributed by atoms with Gasteiger partial charge in [-0.05, 0) is 37.3 Å². The van der Waals surface area contributed by atoms with Crippen LogP contribution in [-0.4, -0.2) is 24.5 Å². The molecule has 120 valence electrons. The molecular weight excluding hydrogens is 278 g/mol. The molecule has 0 radical (unpaired) electrons. The average molecular weight is 303 g/mol. The van der Waals surface area contributed by atoms with Crippen LogP contribution in [0.25, 0.3) is 0 Å². The van der Waals surface area contributed by atoms with Crippen LogP contribution in [0.2, 0.25) is 0 Å². The second-order valence-electron chi connectivity index (χ2n) is 6.38. The van der Waals surface area contributed by atoms with E-state index in [4.69, 9.17) is 4.74 Å². The van der Waals surface area contributed by atoms with Gasteiger partial charge in [0, 0.05) is 6.04 Å². The molecule has 0 aromatic heterocycles. The maximum Gasteiger partial charge on any atom is 0.338 e. The lowest BCUT2D eigenvalue weighted by Gasteiger charge is -2.34. The fraction of sp³-hybridized carbons (Fsp3) is 0.556. The smallest absolute Gasteiger partial charge is 0.338 e. The Morgan fingerprint density at radius 3 is 2.55 bits per heavy atom. The molecule has 4 nitrogen and oxygen atoms in total. The quantitative estimate of drug-likeness (QED) is 0.870. The predicted molar refractivity (Wildman–Crippen MR) is 85.6 cm³/mol. The fourth-order valence-corrected chi connectivity index (χ4v) is 2.94. The number of esters is 1. The van der Waals surface area contributed by atoms with E-state index in [0.29, 0.717) is 17.4 Å². The molecule has 1 aliphatic carbocycles. The molecule has 1 aromatic rings. The molecule has 1 N–H and O–H groups in total. The van der Waals surface area contributed by atoms with Crippen LogP contribution in [0.5, 0.6) is 0 Å². The minimum atomic E-state index is -0.458. The number of hydrogen-bond acceptors (Lipinski definition) is 3. The van der Waals surface area contributed by atoms with Crippen LogP contribution < -0.4 is 5.32 Å². The molecule has 0 bridgehead atoms. The van der Waals surface area contributed by atoms with Gasteiger partial charge in [-0.25, -0.2) is 4.79 Å². The molecular formula is C18H25NO3. The van der Waals surface area contributed by atoms with E-state index in [9.17, 15) is 9.59 Å². The number of carbonyl (C=O) groups is 2. The number of nitrogens with one attached hydrogen (secondary N) is 1. The summed E-state index contributed by atoms with van der Waals surface area (Å²) in [6.45, 7) is 6.13. The van der Waals surface area contributed by atoms with E-state index in [2.05, 4.69) is 19.2 Å². The summed E-state index contributed by atoms with van der Waals surface area (Å²) in [6.07, 6.45) is 3.36. The van der Waals surface area contributed by atoms with Crippen molar-refractivity contribution in [1.29, 1.82) is 0 Å². The molecule has 1 aliphatic rings. The van der Waals surface area contributed by atoms with E-state index in [-0.39, 0.29) is 18.6 Å². The Labute approximate surface area is 132 Å². The highest BCUT2D eigenvalue weighted by molar-refractivity contribution is 5.91. The highest BCUT2D eigenvalue weighted by Gasteiger charge is 2.28. The number of hydrogen-bond donors (Lipinski definition) is 1. The van der Waals surface area contributed by atoms with Gasteiger partial charge in [-0.1, -0.05) is 44.4 Å². The molecule has 0 heterocycles. The molecule has 4 heteroatoms. The van der Waals surface area contributed by atoms with Crippen LogP contribution in [0, 0.1) is 18.8 Å². The SMILES string of the molecule is Cc1ccc(C(=O)OCC(=O)N[C@H]2CCC[C@@H](C)[C@H]2C)cc1. The molecule has 22 heavy (non-hydrogen) atoms. The summed E-state index contributed by atoms with van der Waals surface area (Å²) in [6, 6.07) is 7.30. The number of rotatable bonds is 4. The van der Waals surface area contributed by atoms with Gasteiger partial charge in [-0.2, -0.15) is 0 Å². The van der Waals surface area contributed by atoms with Crippen molar-refractivity contribution in [2.24, 2.45) is 11.8 Å². The number of ether oxygens (including phenoxy) is 1. The second-order valence-corrected chi connectivity index (χ2v) is 6.38. The number of carbonyl (C=O) groups excluding carboxylic acids is 2. The van der Waals surface area contributed by atoms with Crippen molar-refractivity contribution in [3.8, 4) is 0 Å². The zero-order chi connectivity index (χ0) is 16.1. The summed E-state index contributed by atoms with van der Waals surface area (Å²) < 4.78 is 5.08. The normalized spacial score (nSPS) is 24.6. The highest BCUT2D eigenvalue weighted by Crippen LogP contribution is 2.29. The lowest BCUT2D eigenvalue weighted by Crippen LogP contribution is -2.45. The summed E-state index contributed by atoms with van der Waals surface area (Å²) in [5.74, 6) is 0.409. The van der Waals surface area contributed by atoms with Gasteiger partial charge in [0.1, 0.15) is 0 Å². The van der Waals surface area contributed by atoms with Crippen LogP contribution in [0.15, 0.2) is 24.3 Å². The van der Waals surface area contributed by atoms with E-state index in [1.807, 2.05) is 19.1 Å². The van der Waals surface area contributed by atoms with Crippen LogP contribution in [-0.2, 0) is 9.53 Å². The summed E-state index contributed by atoms with van der Waals surface area (Å²) >= 11 is 0. The van der Waals surface area contributed by atoms with Gasteiger partial charge >= 0.3 is 5.97 Å². The molecule has 1 amide bonds. The molecule has 1 fully saturated rings. The molecule has 0 aliphatic heterocycles. The molecule has 1 saturated carbocycles. The van der Waals surface area contributed by atoms with Crippen molar-refractivity contribution >= 4 is 11.9 Å². The number of aryl methyl sites for hydroxylation is 1. The van der Waals surface area contributed by atoms with Gasteiger partial charge in [0.15, 0.2) is 6.61 Å². The minimum Gasteiger partial charge on any atom is -0.452 e. The molecule has 2 rings (SSSR count). The van der Waals surface area contributed by atoms with Crippen molar-refractivity contribution in [2.75, 3.05) is 6.61 Å². The van der Waals surface area contributed by atoms with Crippen molar-refractivity contribution in [3.63, 3.8) is 0 Å². The largest absolute Gasteiger partial charge is 0.452 e. The molecule has 1 aromatic carbocycles. The monoisotopic (exact) mass is 303 g/mol. The molecule has 0 saturated heterocycles. The Hall–Kier alpha value is -1.84. The molecule has 3 atom stereocenters. The lowest BCUT2D eigenvalue weighted by atomic mass is 9.78. The second kappa shape index (κ2) is 7.43. The van der Waals surface area contributed by atoms with Gasteiger partial charge in [0.2, 0.25) is 0 Å². The van der Waals surface area contributed by atoms with Gasteiger partial charge in [-0.3, -0.25) is 4.79 Å². The lowest BCUT2D eigenvalue weighted by molar-refractivity contribution is -0.125. The van der Waals surface area contributed by atoms with E-state index < -0.39 is 5.97 Å². The first-order chi connectivity index (χ1) is 10.5. The van der Waals surface area contributed by atoms with Gasteiger partial charge < -0.3 is 10.1 Å². The van der Waals surface area contributed by atoms with Gasteiger partial charge in [-0.15, -0.1) is 0 Å². The first kappa shape index (κ1) is 16.5. The fourth-order valence-electron chi connectivity index (χ4n) is 2.94. The predicted octanol–water partition coefficient (Wildman–Crippen LogP) is 3.09. The number of amides is 1. The summed E-state index contributed by atoms with van der Waals surface area (Å²) in [4.78, 5) is 23.8. The Bertz CT molecular complexity index is 524. The van der Waals surface area contributed by atoms with Crippen molar-refractivity contribution < 1.29 is 14.3 Å². The zero-order valence-corrected chi connectivity index (χ0v) is 13.6. The third kappa shape index (κ3) is 4.33. The summed E-state index contributed by atoms with van der Waals surface area (Å²) in [5, 5.41) is 3.00. The Balaban J connectivity index is 1.80. The zero-order valence-electron chi connectivity index (χ0n) is 13.6. The Morgan fingerprint density at radius 2 is 1.86 bits per heavy atom. The molecule has 0 spiro atoms. The standard InChI is InChI=1S/C18H25NO3/c1-12-7-9-15(10-8-12)18(21)22-11-17(20)19-16-6-4-5-13(2)14(16)3/h7-10,13-14,16H,4-6,11H2,1-3H3,(H,19,20)/t13-,14-,16+/m1/s1. The van der Waals surface area contributed by atoms with Gasteiger partial charge in [0.05, 0.1) is 5.56 Å². The van der Waals surface area contributed by atoms with E-state index >= 15 is 0 Å². The van der Waals surface area contributed by atoms with Crippen LogP contribution >= 0.6 is 0 Å². The third-order valence-electron chi connectivity index (χ3n) is 4.67. The Kier molecular flexibility index (Phi) is 5.58. The van der Waals surface area contributed by atoms with Crippen LogP contribution in [0.1, 0.15) is 49.0 Å². The summed E-state index contributed by atoms with van der Waals surface area (Å²) in [5.41, 5.74) is 1.55. The van der Waals surface area contributed by atoms with E-state index in [1.165, 1.54) is 6.42 Å². The van der Waals surface area contributed by atoms with Gasteiger partial charge in [0.25, 0.3) is 5.91 Å². The highest BCUT2D eigenvalue weighted by atomic mass is 16.5. The Morgan fingerprint density at radius 1 is 1.18 bits per heavy atom. The average Bonchev–Trinajstić information content (AvgIpc) is 2.50. The minimum absolute atomic E-state index is 0.189. The van der Waals surface area contributed by atoms with Crippen molar-refractivity contribution in [1.82, 2.24) is 5.32 Å². The van der Waals surface area contributed by atoms with E-state index in [1.54, 1.807) is 12.1 Å². The number of benzene rings is 1. The maximum atomic E-state index is 12.0.